The molecule has 2 heterocycles. The number of urea groups is 1. The van der Waals surface area contributed by atoms with E-state index in [1.165, 1.54) is 30.1 Å². The molecule has 1 saturated heterocycles. The molecule has 0 saturated carbocycles. The topological polar surface area (TPSA) is 117 Å². The molecule has 5 amide bonds. The number of hydrogen-bond donors (Lipinski definition) is 2. The molecule has 10 nitrogen and oxygen atoms in total. The summed E-state index contributed by atoms with van der Waals surface area (Å²) in [5.41, 5.74) is 0.880. The number of hydrogen-bond acceptors (Lipinski definition) is 6. The lowest BCUT2D eigenvalue weighted by Gasteiger charge is -2.23. The van der Waals surface area contributed by atoms with Crippen LogP contribution in [0, 0.1) is 5.82 Å². The Morgan fingerprint density at radius 3 is 2.77 bits per heavy atom. The molecular weight excluding hydrogens is 459 g/mol. The first-order valence-corrected chi connectivity index (χ1v) is 11.2. The first-order chi connectivity index (χ1) is 16.8. The fourth-order valence-electron chi connectivity index (χ4n) is 4.74. The Morgan fingerprint density at radius 2 is 1.97 bits per heavy atom. The number of anilines is 1. The Kier molecular flexibility index (Phi) is 5.54. The van der Waals surface area contributed by atoms with Gasteiger partial charge in [-0.05, 0) is 42.3 Å². The minimum atomic E-state index is -1.49. The van der Waals surface area contributed by atoms with E-state index in [2.05, 4.69) is 10.6 Å². The number of carbonyl (C=O) groups excluding carboxylic acids is 4. The van der Waals surface area contributed by atoms with Crippen molar-refractivity contribution < 1.29 is 33.0 Å². The Hall–Kier alpha value is -4.15. The lowest BCUT2D eigenvalue weighted by Crippen LogP contribution is -2.45. The summed E-state index contributed by atoms with van der Waals surface area (Å²) in [6.07, 6.45) is -0.183. The molecule has 1 aliphatic carbocycles. The Balaban J connectivity index is 1.33. The SMILES string of the molecule is CNC(=O)Nc1ccc2c(c1)CC[C@@]21OC(=O)N(CC(=O)N2CCOc3ccc(F)cc3C2)C1=O. The molecule has 2 aromatic rings. The van der Waals surface area contributed by atoms with Gasteiger partial charge in [-0.1, -0.05) is 6.07 Å². The third-order valence-electron chi connectivity index (χ3n) is 6.49. The smallest absolute Gasteiger partial charge is 0.418 e. The fourth-order valence-corrected chi connectivity index (χ4v) is 4.74. The first-order valence-electron chi connectivity index (χ1n) is 11.2. The van der Waals surface area contributed by atoms with Crippen LogP contribution in [0.1, 0.15) is 23.1 Å². The van der Waals surface area contributed by atoms with Crippen molar-refractivity contribution in [3.8, 4) is 5.75 Å². The highest BCUT2D eigenvalue weighted by atomic mass is 19.1. The highest BCUT2D eigenvalue weighted by molar-refractivity contribution is 6.06. The van der Waals surface area contributed by atoms with Gasteiger partial charge in [0.25, 0.3) is 5.91 Å². The molecule has 11 heteroatoms. The summed E-state index contributed by atoms with van der Waals surface area (Å²) in [4.78, 5) is 53.0. The quantitative estimate of drug-likeness (QED) is 0.692. The minimum absolute atomic E-state index is 0.0953. The molecule has 2 aliphatic heterocycles. The molecule has 2 aromatic carbocycles. The largest absolute Gasteiger partial charge is 0.491 e. The molecule has 1 fully saturated rings. The van der Waals surface area contributed by atoms with E-state index >= 15 is 0 Å². The zero-order valence-corrected chi connectivity index (χ0v) is 18.9. The van der Waals surface area contributed by atoms with Gasteiger partial charge in [0.2, 0.25) is 11.5 Å². The van der Waals surface area contributed by atoms with Crippen molar-refractivity contribution in [1.29, 1.82) is 0 Å². The van der Waals surface area contributed by atoms with Crippen molar-refractivity contribution in [2.75, 3.05) is 32.1 Å². The second kappa shape index (κ2) is 8.57. The van der Waals surface area contributed by atoms with Crippen LogP contribution in [0.25, 0.3) is 0 Å². The highest BCUT2D eigenvalue weighted by Gasteiger charge is 2.58. The molecule has 0 unspecified atom stereocenters. The van der Waals surface area contributed by atoms with E-state index in [1.807, 2.05) is 0 Å². The number of ether oxygens (including phenoxy) is 2. The van der Waals surface area contributed by atoms with E-state index in [0.29, 0.717) is 29.0 Å². The number of rotatable bonds is 3. The standard InChI is InChI=1S/C24H23FN4O6/c1-26-22(32)27-17-3-4-18-14(11-17)6-7-24(18)21(31)29(23(33)35-24)13-20(30)28-8-9-34-19-5-2-16(25)10-15(19)12-28/h2-5,10-11H,6-9,12-13H2,1H3,(H2,26,27,32)/t24-/m1/s1. The monoisotopic (exact) mass is 482 g/mol. The maximum atomic E-state index is 13.7. The van der Waals surface area contributed by atoms with Gasteiger partial charge in [0, 0.05) is 36.8 Å². The number of nitrogens with one attached hydrogen (secondary N) is 2. The summed E-state index contributed by atoms with van der Waals surface area (Å²) in [6, 6.07) is 8.74. The predicted octanol–water partition coefficient (Wildman–Crippen LogP) is 2.12. The first kappa shape index (κ1) is 22.6. The molecule has 1 spiro atoms. The molecule has 5 rings (SSSR count). The predicted molar refractivity (Wildman–Crippen MR) is 120 cm³/mol. The number of nitrogens with zero attached hydrogens (tertiary/aromatic N) is 2. The van der Waals surface area contributed by atoms with E-state index in [1.54, 1.807) is 18.2 Å². The van der Waals surface area contributed by atoms with Gasteiger partial charge >= 0.3 is 12.1 Å². The Morgan fingerprint density at radius 1 is 1.14 bits per heavy atom. The molecule has 35 heavy (non-hydrogen) atoms. The van der Waals surface area contributed by atoms with Crippen molar-refractivity contribution >= 4 is 29.6 Å². The molecular formula is C24H23FN4O6. The summed E-state index contributed by atoms with van der Waals surface area (Å²) in [5, 5.41) is 5.13. The maximum Gasteiger partial charge on any atom is 0.418 e. The number of carbonyl (C=O) groups is 4. The third-order valence-corrected chi connectivity index (χ3v) is 6.49. The molecule has 0 aromatic heterocycles. The van der Waals surface area contributed by atoms with Crippen LogP contribution in [0.4, 0.5) is 19.7 Å². The van der Waals surface area contributed by atoms with Gasteiger partial charge in [-0.3, -0.25) is 9.59 Å². The number of amides is 5. The lowest BCUT2D eigenvalue weighted by molar-refractivity contribution is -0.142. The van der Waals surface area contributed by atoms with Gasteiger partial charge in [0.15, 0.2) is 0 Å². The zero-order valence-electron chi connectivity index (χ0n) is 18.9. The van der Waals surface area contributed by atoms with Crippen LogP contribution in [0.15, 0.2) is 36.4 Å². The average Bonchev–Trinajstić information content (AvgIpc) is 3.20. The Labute approximate surface area is 200 Å². The van der Waals surface area contributed by atoms with Crippen molar-refractivity contribution in [2.24, 2.45) is 0 Å². The summed E-state index contributed by atoms with van der Waals surface area (Å²) >= 11 is 0. The number of fused-ring (bicyclic) bond motifs is 3. The van der Waals surface area contributed by atoms with Gasteiger partial charge in [0.1, 0.15) is 24.7 Å². The second-order valence-electron chi connectivity index (χ2n) is 8.58. The second-order valence-corrected chi connectivity index (χ2v) is 8.58. The van der Waals surface area contributed by atoms with Crippen LogP contribution < -0.4 is 15.4 Å². The summed E-state index contributed by atoms with van der Waals surface area (Å²) < 4.78 is 24.9. The summed E-state index contributed by atoms with van der Waals surface area (Å²) in [7, 11) is 1.50. The van der Waals surface area contributed by atoms with Gasteiger partial charge in [-0.15, -0.1) is 0 Å². The normalized spacial score (nSPS) is 20.6. The van der Waals surface area contributed by atoms with Gasteiger partial charge in [-0.2, -0.15) is 0 Å². The molecule has 0 bridgehead atoms. The van der Waals surface area contributed by atoms with Crippen LogP contribution in [-0.4, -0.2) is 60.5 Å². The Bertz CT molecular complexity index is 1250. The summed E-state index contributed by atoms with van der Waals surface area (Å²) in [5.74, 6) is -1.03. The minimum Gasteiger partial charge on any atom is -0.491 e. The van der Waals surface area contributed by atoms with Crippen LogP contribution in [0.2, 0.25) is 0 Å². The molecule has 3 aliphatic rings. The van der Waals surface area contributed by atoms with E-state index in [-0.39, 0.29) is 32.1 Å². The van der Waals surface area contributed by atoms with Crippen molar-refractivity contribution in [3.63, 3.8) is 0 Å². The van der Waals surface area contributed by atoms with E-state index in [4.69, 9.17) is 9.47 Å². The van der Waals surface area contributed by atoms with Crippen molar-refractivity contribution in [2.45, 2.75) is 25.0 Å². The number of benzene rings is 2. The zero-order chi connectivity index (χ0) is 24.7. The highest BCUT2D eigenvalue weighted by Crippen LogP contribution is 2.46. The molecule has 2 N–H and O–H groups in total. The van der Waals surface area contributed by atoms with Crippen LogP contribution >= 0.6 is 0 Å². The van der Waals surface area contributed by atoms with Gasteiger partial charge in [-0.25, -0.2) is 18.9 Å². The van der Waals surface area contributed by atoms with E-state index < -0.39 is 35.9 Å². The molecule has 182 valence electrons. The third kappa shape index (κ3) is 3.92. The number of imide groups is 1. The summed E-state index contributed by atoms with van der Waals surface area (Å²) in [6.45, 7) is 0.0294. The number of aryl methyl sites for hydroxylation is 1. The fraction of sp³-hybridized carbons (Fsp3) is 0.333. The average molecular weight is 482 g/mol. The molecule has 1 atom stereocenters. The molecule has 0 radical (unpaired) electrons. The van der Waals surface area contributed by atoms with Crippen LogP contribution in [0.5, 0.6) is 5.75 Å². The van der Waals surface area contributed by atoms with Gasteiger partial charge < -0.3 is 25.0 Å². The number of halogens is 1. The van der Waals surface area contributed by atoms with Crippen molar-refractivity contribution in [1.82, 2.24) is 15.1 Å². The van der Waals surface area contributed by atoms with E-state index in [0.717, 1.165) is 10.5 Å². The lowest BCUT2D eigenvalue weighted by atomic mass is 9.94. The van der Waals surface area contributed by atoms with Gasteiger partial charge in [0.05, 0.1) is 6.54 Å². The van der Waals surface area contributed by atoms with E-state index in [9.17, 15) is 23.6 Å². The van der Waals surface area contributed by atoms with Crippen molar-refractivity contribution in [3.05, 3.63) is 58.9 Å². The maximum absolute atomic E-state index is 13.7. The van der Waals surface area contributed by atoms with Crippen LogP contribution in [-0.2, 0) is 32.9 Å². The van der Waals surface area contributed by atoms with Crippen LogP contribution in [0.3, 0.4) is 0 Å².